The Bertz CT molecular complexity index is 936. The van der Waals surface area contributed by atoms with E-state index in [2.05, 4.69) is 10.6 Å². The average molecular weight is 505 g/mol. The summed E-state index contributed by atoms with van der Waals surface area (Å²) in [7, 11) is 1.58. The zero-order chi connectivity index (χ0) is 26.2. The van der Waals surface area contributed by atoms with Crippen LogP contribution in [0.25, 0.3) is 0 Å². The third-order valence-electron chi connectivity index (χ3n) is 5.24. The first-order chi connectivity index (χ1) is 17.4. The SMILES string of the molecule is COCNCCOC(=O)CC(C)c1ccc(O)c(OCNCCOC(=O)CCc2ccc(O)cc2)c1. The minimum Gasteiger partial charge on any atom is -0.508 e. The molecule has 10 heteroatoms. The second-order valence-electron chi connectivity index (χ2n) is 8.16. The van der Waals surface area contributed by atoms with Gasteiger partial charge in [-0.3, -0.25) is 20.2 Å². The van der Waals surface area contributed by atoms with Crippen LogP contribution in [0, 0.1) is 0 Å². The van der Waals surface area contributed by atoms with Gasteiger partial charge in [0, 0.05) is 26.6 Å². The van der Waals surface area contributed by atoms with Crippen LogP contribution in [0.4, 0.5) is 0 Å². The fraction of sp³-hybridized carbons (Fsp3) is 0.462. The van der Waals surface area contributed by atoms with E-state index in [0.29, 0.717) is 26.2 Å². The zero-order valence-corrected chi connectivity index (χ0v) is 20.8. The van der Waals surface area contributed by atoms with Gasteiger partial charge in [0.15, 0.2) is 11.5 Å². The molecule has 0 aliphatic heterocycles. The lowest BCUT2D eigenvalue weighted by Gasteiger charge is -2.15. The fourth-order valence-corrected chi connectivity index (χ4v) is 3.21. The summed E-state index contributed by atoms with van der Waals surface area (Å²) in [6.45, 7) is 3.74. The Kier molecular flexibility index (Phi) is 13.1. The molecule has 0 amide bonds. The van der Waals surface area contributed by atoms with Crippen LogP contribution in [0.15, 0.2) is 42.5 Å². The highest BCUT2D eigenvalue weighted by molar-refractivity contribution is 5.70. The molecule has 0 aliphatic carbocycles. The predicted molar refractivity (Wildman–Crippen MR) is 133 cm³/mol. The molecule has 1 unspecified atom stereocenters. The Labute approximate surface area is 211 Å². The van der Waals surface area contributed by atoms with Crippen LogP contribution < -0.4 is 15.4 Å². The van der Waals surface area contributed by atoms with Crippen molar-refractivity contribution in [3.8, 4) is 17.2 Å². The number of phenols is 2. The number of ether oxygens (including phenoxy) is 4. The number of methoxy groups -OCH3 is 1. The van der Waals surface area contributed by atoms with E-state index in [-0.39, 0.29) is 67.9 Å². The first-order valence-corrected chi connectivity index (χ1v) is 11.8. The molecule has 0 aromatic heterocycles. The number of hydrogen-bond donors (Lipinski definition) is 4. The predicted octanol–water partition coefficient (Wildman–Crippen LogP) is 2.43. The number of phenolic OH excluding ortho intramolecular Hbond substituents is 2. The molecule has 36 heavy (non-hydrogen) atoms. The summed E-state index contributed by atoms with van der Waals surface area (Å²) < 4.78 is 20.9. The third-order valence-corrected chi connectivity index (χ3v) is 5.24. The lowest BCUT2D eigenvalue weighted by atomic mass is 9.97. The van der Waals surface area contributed by atoms with E-state index < -0.39 is 0 Å². The number of aromatic hydroxyl groups is 2. The van der Waals surface area contributed by atoms with Gasteiger partial charge < -0.3 is 29.2 Å². The largest absolute Gasteiger partial charge is 0.508 e. The fourth-order valence-electron chi connectivity index (χ4n) is 3.21. The molecular weight excluding hydrogens is 468 g/mol. The molecule has 10 nitrogen and oxygen atoms in total. The summed E-state index contributed by atoms with van der Waals surface area (Å²) in [5.41, 5.74) is 1.78. The molecule has 1 atom stereocenters. The molecular formula is C26H36N2O8. The Morgan fingerprint density at radius 1 is 0.917 bits per heavy atom. The van der Waals surface area contributed by atoms with E-state index in [1.54, 1.807) is 43.5 Å². The zero-order valence-electron chi connectivity index (χ0n) is 20.8. The Morgan fingerprint density at radius 3 is 2.28 bits per heavy atom. The van der Waals surface area contributed by atoms with Crippen molar-refractivity contribution in [2.75, 3.05) is 46.9 Å². The van der Waals surface area contributed by atoms with Gasteiger partial charge in [-0.25, -0.2) is 0 Å². The number of rotatable bonds is 17. The van der Waals surface area contributed by atoms with Gasteiger partial charge in [0.1, 0.15) is 25.7 Å². The van der Waals surface area contributed by atoms with Gasteiger partial charge in [0.25, 0.3) is 0 Å². The summed E-state index contributed by atoms with van der Waals surface area (Å²) in [4.78, 5) is 23.9. The van der Waals surface area contributed by atoms with Crippen LogP contribution in [0.5, 0.6) is 17.2 Å². The molecule has 0 heterocycles. The van der Waals surface area contributed by atoms with Crippen molar-refractivity contribution in [2.24, 2.45) is 0 Å². The van der Waals surface area contributed by atoms with Crippen molar-refractivity contribution in [1.82, 2.24) is 10.6 Å². The van der Waals surface area contributed by atoms with E-state index in [1.165, 1.54) is 6.07 Å². The summed E-state index contributed by atoms with van der Waals surface area (Å²) in [5.74, 6) is -0.283. The molecule has 0 fully saturated rings. The lowest BCUT2D eigenvalue weighted by Crippen LogP contribution is -2.25. The molecule has 198 valence electrons. The highest BCUT2D eigenvalue weighted by Gasteiger charge is 2.15. The average Bonchev–Trinajstić information content (AvgIpc) is 2.86. The monoisotopic (exact) mass is 504 g/mol. The lowest BCUT2D eigenvalue weighted by molar-refractivity contribution is -0.144. The van der Waals surface area contributed by atoms with Gasteiger partial charge in [-0.1, -0.05) is 25.1 Å². The molecule has 0 aliphatic rings. The van der Waals surface area contributed by atoms with Crippen LogP contribution in [0.1, 0.15) is 36.8 Å². The quantitative estimate of drug-likeness (QED) is 0.144. The van der Waals surface area contributed by atoms with E-state index in [1.807, 2.05) is 6.92 Å². The van der Waals surface area contributed by atoms with Gasteiger partial charge in [-0.05, 0) is 47.7 Å². The molecule has 0 bridgehead atoms. The number of hydrogen-bond acceptors (Lipinski definition) is 10. The van der Waals surface area contributed by atoms with Crippen molar-refractivity contribution in [3.05, 3.63) is 53.6 Å². The maximum absolute atomic E-state index is 12.0. The van der Waals surface area contributed by atoms with E-state index >= 15 is 0 Å². The number of carbonyl (C=O) groups is 2. The molecule has 0 saturated heterocycles. The molecule has 0 spiro atoms. The molecule has 2 aromatic rings. The minimum absolute atomic E-state index is 0.0137. The van der Waals surface area contributed by atoms with Gasteiger partial charge in [0.2, 0.25) is 0 Å². The number of aryl methyl sites for hydroxylation is 1. The highest BCUT2D eigenvalue weighted by Crippen LogP contribution is 2.31. The molecule has 2 rings (SSSR count). The second kappa shape index (κ2) is 16.4. The number of benzene rings is 2. The van der Waals surface area contributed by atoms with Crippen molar-refractivity contribution in [1.29, 1.82) is 0 Å². The van der Waals surface area contributed by atoms with Crippen molar-refractivity contribution >= 4 is 11.9 Å². The highest BCUT2D eigenvalue weighted by atomic mass is 16.5. The number of esters is 2. The summed E-state index contributed by atoms with van der Waals surface area (Å²) in [6.07, 6.45) is 0.982. The Hall–Kier alpha value is -3.34. The molecule has 0 saturated carbocycles. The number of nitrogens with one attached hydrogen (secondary N) is 2. The first-order valence-electron chi connectivity index (χ1n) is 11.8. The molecule has 0 radical (unpaired) electrons. The minimum atomic E-state index is -0.310. The summed E-state index contributed by atoms with van der Waals surface area (Å²) in [6, 6.07) is 11.7. The van der Waals surface area contributed by atoms with Gasteiger partial charge in [-0.15, -0.1) is 0 Å². The maximum Gasteiger partial charge on any atom is 0.306 e. The summed E-state index contributed by atoms with van der Waals surface area (Å²) >= 11 is 0. The molecule has 2 aromatic carbocycles. The van der Waals surface area contributed by atoms with Crippen LogP contribution >= 0.6 is 0 Å². The van der Waals surface area contributed by atoms with Crippen LogP contribution in [0.3, 0.4) is 0 Å². The van der Waals surface area contributed by atoms with Crippen LogP contribution in [-0.4, -0.2) is 69.0 Å². The molecule has 4 N–H and O–H groups in total. The topological polar surface area (TPSA) is 136 Å². The standard InChI is InChI=1S/C26H36N2O8/c1-19(15-26(32)35-14-11-27-17-33-2)21-6-9-23(30)24(16-21)36-18-28-12-13-34-25(31)10-5-20-3-7-22(29)8-4-20/h3-4,6-9,16,19,27-30H,5,10-15,17-18H2,1-2H3. The van der Waals surface area contributed by atoms with Gasteiger partial charge in [-0.2, -0.15) is 0 Å². The Morgan fingerprint density at radius 2 is 1.58 bits per heavy atom. The van der Waals surface area contributed by atoms with E-state index in [4.69, 9.17) is 18.9 Å². The van der Waals surface area contributed by atoms with Crippen molar-refractivity contribution in [3.63, 3.8) is 0 Å². The van der Waals surface area contributed by atoms with E-state index in [0.717, 1.165) is 11.1 Å². The van der Waals surface area contributed by atoms with Crippen LogP contribution in [0.2, 0.25) is 0 Å². The van der Waals surface area contributed by atoms with Crippen LogP contribution in [-0.2, 0) is 30.2 Å². The van der Waals surface area contributed by atoms with Gasteiger partial charge in [0.05, 0.1) is 13.2 Å². The van der Waals surface area contributed by atoms with E-state index in [9.17, 15) is 19.8 Å². The maximum atomic E-state index is 12.0. The summed E-state index contributed by atoms with van der Waals surface area (Å²) in [5, 5.41) is 25.3. The smallest absolute Gasteiger partial charge is 0.306 e. The first kappa shape index (κ1) is 28.9. The van der Waals surface area contributed by atoms with Crippen molar-refractivity contribution in [2.45, 2.75) is 32.1 Å². The Balaban J connectivity index is 1.64. The number of carbonyl (C=O) groups excluding carboxylic acids is 2. The third kappa shape index (κ3) is 11.4. The van der Waals surface area contributed by atoms with Gasteiger partial charge >= 0.3 is 11.9 Å². The van der Waals surface area contributed by atoms with Crippen molar-refractivity contribution < 1.29 is 38.7 Å². The second-order valence-corrected chi connectivity index (χ2v) is 8.16. The normalized spacial score (nSPS) is 11.6.